The maximum atomic E-state index is 5.41. The quantitative estimate of drug-likeness (QED) is 0.324. The summed E-state index contributed by atoms with van der Waals surface area (Å²) in [7, 11) is 3.15. The van der Waals surface area contributed by atoms with E-state index in [1.807, 2.05) is 35.0 Å². The zero-order chi connectivity index (χ0) is 24.9. The summed E-state index contributed by atoms with van der Waals surface area (Å²) in [6, 6.07) is 21.5. The third-order valence-corrected chi connectivity index (χ3v) is 6.36. The number of nitrogens with one attached hydrogen (secondary N) is 1. The molecular formula is C26H23N7O2S. The highest BCUT2D eigenvalue weighted by Gasteiger charge is 2.11. The number of thiophene rings is 1. The number of ether oxygens (including phenoxy) is 2. The van der Waals surface area contributed by atoms with Crippen LogP contribution in [0, 0.1) is 0 Å². The second-order valence-electron chi connectivity index (χ2n) is 7.62. The van der Waals surface area contributed by atoms with E-state index < -0.39 is 0 Å². The Morgan fingerprint density at radius 3 is 2.39 bits per heavy atom. The standard InChI is InChI=1S/C20H15N5OS.C6H8N2O/c1-26-20-11-14(8-9-21-20)23-18-6-7-19-22-12-15(25(19)24-18)17-10-13-4-2-3-5-16(13)27-17;1-9-6-4-5(7)2-3-8-6/h2-12H,1H3,(H,21,23,24);2-4H,1H3,(H2,7,8). The number of nitrogen functional groups attached to an aromatic ring is 1. The van der Waals surface area contributed by atoms with Crippen LogP contribution < -0.4 is 20.5 Å². The van der Waals surface area contributed by atoms with Crippen LogP contribution in [0.1, 0.15) is 0 Å². The SMILES string of the molecule is COc1cc(N)ccn1.COc1cc(Nc2ccc3ncc(-c4cc5ccccc5s4)n3n2)ccn1. The summed E-state index contributed by atoms with van der Waals surface area (Å²) in [6.45, 7) is 0. The number of imidazole rings is 1. The molecule has 5 heterocycles. The van der Waals surface area contributed by atoms with Crippen molar-refractivity contribution in [3.05, 3.63) is 85.3 Å². The summed E-state index contributed by atoms with van der Waals surface area (Å²) in [5.74, 6) is 1.82. The van der Waals surface area contributed by atoms with Crippen molar-refractivity contribution in [3.8, 4) is 22.3 Å². The second-order valence-corrected chi connectivity index (χ2v) is 8.71. The number of rotatable bonds is 5. The lowest BCUT2D eigenvalue weighted by Gasteiger charge is -2.07. The molecule has 0 bridgehead atoms. The maximum absolute atomic E-state index is 5.41. The van der Waals surface area contributed by atoms with Crippen LogP contribution in [0.25, 0.3) is 26.3 Å². The number of nitrogens with zero attached hydrogens (tertiary/aromatic N) is 5. The predicted octanol–water partition coefficient (Wildman–Crippen LogP) is 5.43. The lowest BCUT2D eigenvalue weighted by atomic mass is 10.2. The Hall–Kier alpha value is -4.70. The Labute approximate surface area is 211 Å². The van der Waals surface area contributed by atoms with E-state index >= 15 is 0 Å². The summed E-state index contributed by atoms with van der Waals surface area (Å²) >= 11 is 1.74. The zero-order valence-corrected chi connectivity index (χ0v) is 20.4. The van der Waals surface area contributed by atoms with E-state index in [2.05, 4.69) is 50.6 Å². The normalized spacial score (nSPS) is 10.6. The topological polar surface area (TPSA) is 112 Å². The Morgan fingerprint density at radius 2 is 1.64 bits per heavy atom. The van der Waals surface area contributed by atoms with E-state index in [0.717, 1.165) is 27.7 Å². The van der Waals surface area contributed by atoms with Gasteiger partial charge in [0.25, 0.3) is 0 Å². The molecular weight excluding hydrogens is 474 g/mol. The Balaban J connectivity index is 0.000000252. The first-order valence-electron chi connectivity index (χ1n) is 11.0. The molecule has 6 rings (SSSR count). The molecule has 0 radical (unpaired) electrons. The van der Waals surface area contributed by atoms with Crippen LogP contribution in [0.3, 0.4) is 0 Å². The first kappa shape index (κ1) is 23.1. The van der Waals surface area contributed by atoms with Crippen LogP contribution in [-0.2, 0) is 0 Å². The lowest BCUT2D eigenvalue weighted by Crippen LogP contribution is -2.00. The third-order valence-electron chi connectivity index (χ3n) is 5.22. The number of pyridine rings is 2. The van der Waals surface area contributed by atoms with Crippen molar-refractivity contribution in [2.45, 2.75) is 0 Å². The van der Waals surface area contributed by atoms with Gasteiger partial charge in [-0.15, -0.1) is 16.4 Å². The minimum absolute atomic E-state index is 0.551. The molecule has 36 heavy (non-hydrogen) atoms. The molecule has 6 aromatic rings. The number of aromatic nitrogens is 5. The van der Waals surface area contributed by atoms with Crippen LogP contribution in [0.5, 0.6) is 11.8 Å². The molecule has 0 aliphatic carbocycles. The summed E-state index contributed by atoms with van der Waals surface area (Å²) in [4.78, 5) is 13.6. The van der Waals surface area contributed by atoms with Crippen molar-refractivity contribution in [3.63, 3.8) is 0 Å². The fraction of sp³-hybridized carbons (Fsp3) is 0.0769. The summed E-state index contributed by atoms with van der Waals surface area (Å²) in [5, 5.41) is 9.24. The molecule has 5 aromatic heterocycles. The average Bonchev–Trinajstić information content (AvgIpc) is 3.53. The molecule has 180 valence electrons. The van der Waals surface area contributed by atoms with Crippen molar-refractivity contribution in [2.75, 3.05) is 25.3 Å². The molecule has 0 saturated heterocycles. The van der Waals surface area contributed by atoms with E-state index in [0.29, 0.717) is 17.4 Å². The Morgan fingerprint density at radius 1 is 0.861 bits per heavy atom. The molecule has 9 nitrogen and oxygen atoms in total. The molecule has 0 aliphatic rings. The molecule has 0 atom stereocenters. The minimum atomic E-state index is 0.551. The number of anilines is 3. The van der Waals surface area contributed by atoms with Gasteiger partial charge in [0.15, 0.2) is 11.5 Å². The van der Waals surface area contributed by atoms with Gasteiger partial charge in [-0.2, -0.15) is 0 Å². The van der Waals surface area contributed by atoms with Gasteiger partial charge in [-0.3, -0.25) is 0 Å². The monoisotopic (exact) mass is 497 g/mol. The van der Waals surface area contributed by atoms with Gasteiger partial charge < -0.3 is 20.5 Å². The number of nitrogens with two attached hydrogens (primary N) is 1. The molecule has 0 aliphatic heterocycles. The van der Waals surface area contributed by atoms with Gasteiger partial charge in [-0.05, 0) is 41.8 Å². The van der Waals surface area contributed by atoms with Crippen LogP contribution in [-0.4, -0.2) is 38.8 Å². The van der Waals surface area contributed by atoms with Crippen LogP contribution >= 0.6 is 11.3 Å². The van der Waals surface area contributed by atoms with Gasteiger partial charge >= 0.3 is 0 Å². The average molecular weight is 498 g/mol. The van der Waals surface area contributed by atoms with Crippen molar-refractivity contribution in [1.82, 2.24) is 24.6 Å². The first-order chi connectivity index (χ1) is 17.6. The lowest BCUT2D eigenvalue weighted by molar-refractivity contribution is 0.398. The fourth-order valence-electron chi connectivity index (χ4n) is 3.50. The molecule has 1 aromatic carbocycles. The highest BCUT2D eigenvalue weighted by Crippen LogP contribution is 2.33. The van der Waals surface area contributed by atoms with Gasteiger partial charge in [0, 0.05) is 40.6 Å². The van der Waals surface area contributed by atoms with Crippen molar-refractivity contribution in [1.29, 1.82) is 0 Å². The summed E-state index contributed by atoms with van der Waals surface area (Å²) in [5.41, 5.74) is 8.72. The second kappa shape index (κ2) is 10.3. The highest BCUT2D eigenvalue weighted by atomic mass is 32.1. The molecule has 0 unspecified atom stereocenters. The van der Waals surface area contributed by atoms with E-state index in [1.54, 1.807) is 50.1 Å². The highest BCUT2D eigenvalue weighted by molar-refractivity contribution is 7.22. The van der Waals surface area contributed by atoms with Gasteiger partial charge in [0.05, 0.1) is 25.3 Å². The Kier molecular flexibility index (Phi) is 6.59. The minimum Gasteiger partial charge on any atom is -0.481 e. The van der Waals surface area contributed by atoms with Crippen molar-refractivity contribution < 1.29 is 9.47 Å². The molecule has 0 spiro atoms. The molecule has 0 saturated carbocycles. The molecule has 10 heteroatoms. The van der Waals surface area contributed by atoms with Crippen LogP contribution in [0.2, 0.25) is 0 Å². The Bertz CT molecular complexity index is 1600. The zero-order valence-electron chi connectivity index (χ0n) is 19.6. The predicted molar refractivity (Wildman–Crippen MR) is 143 cm³/mol. The van der Waals surface area contributed by atoms with E-state index in [-0.39, 0.29) is 0 Å². The van der Waals surface area contributed by atoms with Crippen molar-refractivity contribution in [2.24, 2.45) is 0 Å². The molecule has 0 amide bonds. The number of hydrogen-bond donors (Lipinski definition) is 2. The summed E-state index contributed by atoms with van der Waals surface area (Å²) < 4.78 is 13.1. The fourth-order valence-corrected chi connectivity index (χ4v) is 4.56. The maximum Gasteiger partial charge on any atom is 0.214 e. The van der Waals surface area contributed by atoms with Crippen molar-refractivity contribution >= 4 is 44.3 Å². The van der Waals surface area contributed by atoms with Gasteiger partial charge in [-0.25, -0.2) is 19.5 Å². The van der Waals surface area contributed by atoms with Crippen LogP contribution in [0.4, 0.5) is 17.2 Å². The van der Waals surface area contributed by atoms with Gasteiger partial charge in [0.2, 0.25) is 11.8 Å². The van der Waals surface area contributed by atoms with Crippen LogP contribution in [0.15, 0.2) is 85.3 Å². The number of benzene rings is 1. The number of methoxy groups -OCH3 is 2. The number of fused-ring (bicyclic) bond motifs is 2. The van der Waals surface area contributed by atoms with E-state index in [1.165, 1.54) is 10.1 Å². The number of hydrogen-bond acceptors (Lipinski definition) is 9. The third kappa shape index (κ3) is 5.03. The summed E-state index contributed by atoms with van der Waals surface area (Å²) in [6.07, 6.45) is 5.17. The van der Waals surface area contributed by atoms with E-state index in [4.69, 9.17) is 20.3 Å². The molecule has 0 fully saturated rings. The van der Waals surface area contributed by atoms with E-state index in [9.17, 15) is 0 Å². The largest absolute Gasteiger partial charge is 0.481 e. The smallest absolute Gasteiger partial charge is 0.214 e. The van der Waals surface area contributed by atoms with Gasteiger partial charge in [-0.1, -0.05) is 18.2 Å². The first-order valence-corrected chi connectivity index (χ1v) is 11.8. The molecule has 3 N–H and O–H groups in total. The van der Waals surface area contributed by atoms with Gasteiger partial charge in [0.1, 0.15) is 5.69 Å².